The third-order valence-corrected chi connectivity index (χ3v) is 3.82. The predicted molar refractivity (Wildman–Crippen MR) is 75.0 cm³/mol. The Labute approximate surface area is 109 Å². The van der Waals surface area contributed by atoms with Gasteiger partial charge in [-0.25, -0.2) is 0 Å². The summed E-state index contributed by atoms with van der Waals surface area (Å²) in [7, 11) is 0. The molecule has 1 unspecified atom stereocenters. The number of para-hydroxylation sites is 1. The van der Waals surface area contributed by atoms with E-state index in [0.717, 1.165) is 24.7 Å². The van der Waals surface area contributed by atoms with E-state index in [1.54, 1.807) is 0 Å². The number of aryl methyl sites for hydroxylation is 1. The molecule has 0 aromatic heterocycles. The number of rotatable bonds is 2. The molecule has 0 saturated carbocycles. The second-order valence-corrected chi connectivity index (χ2v) is 5.56. The standard InChI is InChI=1S/C14H21ClN2/c1-10(2)13-9-17(8-7-16-13)14-11(3)5-4-6-12(14)15/h4-6,10,13,16H,7-9H2,1-3H3. The molecule has 1 fully saturated rings. The van der Waals surface area contributed by atoms with Crippen LogP contribution in [0.5, 0.6) is 0 Å². The molecule has 0 amide bonds. The van der Waals surface area contributed by atoms with Crippen LogP contribution >= 0.6 is 11.6 Å². The van der Waals surface area contributed by atoms with E-state index in [-0.39, 0.29) is 0 Å². The van der Waals surface area contributed by atoms with Gasteiger partial charge in [0.25, 0.3) is 0 Å². The molecule has 1 atom stereocenters. The van der Waals surface area contributed by atoms with Crippen LogP contribution in [0.1, 0.15) is 19.4 Å². The van der Waals surface area contributed by atoms with Gasteiger partial charge >= 0.3 is 0 Å². The van der Waals surface area contributed by atoms with Crippen LogP contribution in [0.3, 0.4) is 0 Å². The first-order valence-electron chi connectivity index (χ1n) is 6.33. The van der Waals surface area contributed by atoms with Crippen molar-refractivity contribution in [3.05, 3.63) is 28.8 Å². The lowest BCUT2D eigenvalue weighted by molar-refractivity contribution is 0.368. The Morgan fingerprint density at radius 3 is 2.82 bits per heavy atom. The van der Waals surface area contributed by atoms with Gasteiger partial charge in [-0.05, 0) is 24.5 Å². The Bertz CT molecular complexity index is 370. The van der Waals surface area contributed by atoms with Gasteiger partial charge in [0.2, 0.25) is 0 Å². The van der Waals surface area contributed by atoms with Crippen molar-refractivity contribution in [3.63, 3.8) is 0 Å². The zero-order chi connectivity index (χ0) is 12.4. The smallest absolute Gasteiger partial charge is 0.0642 e. The number of anilines is 1. The number of halogens is 1. The van der Waals surface area contributed by atoms with E-state index >= 15 is 0 Å². The van der Waals surface area contributed by atoms with Crippen molar-refractivity contribution < 1.29 is 0 Å². The Balaban J connectivity index is 2.22. The normalized spacial score (nSPS) is 21.0. The second kappa shape index (κ2) is 5.28. The lowest BCUT2D eigenvalue weighted by atomic mass is 10.0. The summed E-state index contributed by atoms with van der Waals surface area (Å²) >= 11 is 6.33. The lowest BCUT2D eigenvalue weighted by Crippen LogP contribution is -2.53. The fraction of sp³-hybridized carbons (Fsp3) is 0.571. The van der Waals surface area contributed by atoms with Gasteiger partial charge in [0.05, 0.1) is 10.7 Å². The monoisotopic (exact) mass is 252 g/mol. The number of hydrogen-bond donors (Lipinski definition) is 1. The minimum atomic E-state index is 0.555. The molecular weight excluding hydrogens is 232 g/mol. The molecule has 1 aromatic carbocycles. The van der Waals surface area contributed by atoms with E-state index in [1.165, 1.54) is 11.3 Å². The highest BCUT2D eigenvalue weighted by Gasteiger charge is 2.23. The van der Waals surface area contributed by atoms with E-state index in [4.69, 9.17) is 11.6 Å². The topological polar surface area (TPSA) is 15.3 Å². The largest absolute Gasteiger partial charge is 0.367 e. The van der Waals surface area contributed by atoms with Crippen LogP contribution in [0.15, 0.2) is 18.2 Å². The maximum atomic E-state index is 6.33. The van der Waals surface area contributed by atoms with Gasteiger partial charge in [0.1, 0.15) is 0 Å². The maximum absolute atomic E-state index is 6.33. The fourth-order valence-electron chi connectivity index (χ4n) is 2.45. The van der Waals surface area contributed by atoms with Crippen LogP contribution in [-0.2, 0) is 0 Å². The summed E-state index contributed by atoms with van der Waals surface area (Å²) in [6.07, 6.45) is 0. The molecule has 1 N–H and O–H groups in total. The summed E-state index contributed by atoms with van der Waals surface area (Å²) in [5.41, 5.74) is 2.48. The Morgan fingerprint density at radius 2 is 2.18 bits per heavy atom. The zero-order valence-electron chi connectivity index (χ0n) is 10.8. The Kier molecular flexibility index (Phi) is 3.95. The highest BCUT2D eigenvalue weighted by molar-refractivity contribution is 6.33. The van der Waals surface area contributed by atoms with Crippen molar-refractivity contribution in [1.82, 2.24) is 5.32 Å². The summed E-state index contributed by atoms with van der Waals surface area (Å²) < 4.78 is 0. The zero-order valence-corrected chi connectivity index (χ0v) is 11.6. The Hall–Kier alpha value is -0.730. The molecule has 1 heterocycles. The van der Waals surface area contributed by atoms with E-state index < -0.39 is 0 Å². The van der Waals surface area contributed by atoms with Crippen molar-refractivity contribution in [2.24, 2.45) is 5.92 Å². The summed E-state index contributed by atoms with van der Waals surface area (Å²) in [4.78, 5) is 2.42. The van der Waals surface area contributed by atoms with Gasteiger partial charge in [-0.1, -0.05) is 37.6 Å². The predicted octanol–water partition coefficient (Wildman–Crippen LogP) is 3.08. The molecule has 0 bridgehead atoms. The van der Waals surface area contributed by atoms with Gasteiger partial charge in [0.15, 0.2) is 0 Å². The van der Waals surface area contributed by atoms with Gasteiger partial charge in [0, 0.05) is 25.7 Å². The first kappa shape index (κ1) is 12.7. The van der Waals surface area contributed by atoms with Crippen molar-refractivity contribution in [2.75, 3.05) is 24.5 Å². The molecular formula is C14H21ClN2. The first-order chi connectivity index (χ1) is 8.09. The molecule has 0 spiro atoms. The highest BCUT2D eigenvalue weighted by atomic mass is 35.5. The third-order valence-electron chi connectivity index (χ3n) is 3.51. The number of nitrogens with zero attached hydrogens (tertiary/aromatic N) is 1. The van der Waals surface area contributed by atoms with Crippen LogP contribution in [0.2, 0.25) is 5.02 Å². The van der Waals surface area contributed by atoms with Gasteiger partial charge in [-0.2, -0.15) is 0 Å². The van der Waals surface area contributed by atoms with Crippen molar-refractivity contribution in [2.45, 2.75) is 26.8 Å². The average molecular weight is 253 g/mol. The molecule has 2 rings (SSSR count). The quantitative estimate of drug-likeness (QED) is 0.870. The number of piperazine rings is 1. The molecule has 3 heteroatoms. The van der Waals surface area contributed by atoms with E-state index in [9.17, 15) is 0 Å². The van der Waals surface area contributed by atoms with E-state index in [2.05, 4.69) is 37.1 Å². The SMILES string of the molecule is Cc1cccc(Cl)c1N1CCNC(C(C)C)C1. The molecule has 2 nitrogen and oxygen atoms in total. The van der Waals surface area contributed by atoms with E-state index in [1.807, 2.05) is 12.1 Å². The lowest BCUT2D eigenvalue weighted by Gasteiger charge is -2.38. The van der Waals surface area contributed by atoms with E-state index in [0.29, 0.717) is 12.0 Å². The fourth-order valence-corrected chi connectivity index (χ4v) is 2.79. The third kappa shape index (κ3) is 2.75. The molecule has 0 aliphatic carbocycles. The molecule has 1 aliphatic rings. The highest BCUT2D eigenvalue weighted by Crippen LogP contribution is 2.30. The van der Waals surface area contributed by atoms with Crippen LogP contribution in [0.25, 0.3) is 0 Å². The van der Waals surface area contributed by atoms with Crippen LogP contribution in [-0.4, -0.2) is 25.7 Å². The minimum Gasteiger partial charge on any atom is -0.367 e. The summed E-state index contributed by atoms with van der Waals surface area (Å²) in [6, 6.07) is 6.69. The van der Waals surface area contributed by atoms with Gasteiger partial charge < -0.3 is 10.2 Å². The number of hydrogen-bond acceptors (Lipinski definition) is 2. The molecule has 0 radical (unpaired) electrons. The summed E-state index contributed by atoms with van der Waals surface area (Å²) in [6.45, 7) is 9.78. The number of benzene rings is 1. The van der Waals surface area contributed by atoms with Gasteiger partial charge in [-0.3, -0.25) is 0 Å². The summed E-state index contributed by atoms with van der Waals surface area (Å²) in [5.74, 6) is 0.653. The van der Waals surface area contributed by atoms with Crippen molar-refractivity contribution in [1.29, 1.82) is 0 Å². The van der Waals surface area contributed by atoms with Gasteiger partial charge in [-0.15, -0.1) is 0 Å². The van der Waals surface area contributed by atoms with Crippen LogP contribution < -0.4 is 10.2 Å². The van der Waals surface area contributed by atoms with Crippen molar-refractivity contribution >= 4 is 17.3 Å². The summed E-state index contributed by atoms with van der Waals surface area (Å²) in [5, 5.41) is 4.44. The van der Waals surface area contributed by atoms with Crippen molar-refractivity contribution in [3.8, 4) is 0 Å². The molecule has 17 heavy (non-hydrogen) atoms. The number of nitrogens with one attached hydrogen (secondary N) is 1. The molecule has 94 valence electrons. The van der Waals surface area contributed by atoms with Crippen LogP contribution in [0.4, 0.5) is 5.69 Å². The average Bonchev–Trinajstić information content (AvgIpc) is 2.29. The molecule has 1 aliphatic heterocycles. The first-order valence-corrected chi connectivity index (χ1v) is 6.71. The molecule has 1 aromatic rings. The Morgan fingerprint density at radius 1 is 1.41 bits per heavy atom. The molecule has 1 saturated heterocycles. The van der Waals surface area contributed by atoms with Crippen LogP contribution in [0, 0.1) is 12.8 Å². The minimum absolute atomic E-state index is 0.555. The second-order valence-electron chi connectivity index (χ2n) is 5.16. The maximum Gasteiger partial charge on any atom is 0.0642 e.